The zero-order valence-electron chi connectivity index (χ0n) is 9.22. The van der Waals surface area contributed by atoms with E-state index in [-0.39, 0.29) is 4.90 Å². The molecule has 3 rings (SSSR count). The average Bonchev–Trinajstić information content (AvgIpc) is 2.68. The van der Waals surface area contributed by atoms with Crippen molar-refractivity contribution in [3.63, 3.8) is 0 Å². The summed E-state index contributed by atoms with van der Waals surface area (Å²) in [4.78, 5) is -0.0546. The third-order valence-electron chi connectivity index (χ3n) is 3.15. The van der Waals surface area contributed by atoms with Crippen LogP contribution in [-0.2, 0) is 16.5 Å². The molecule has 0 heterocycles. The zero-order chi connectivity index (χ0) is 12.9. The van der Waals surface area contributed by atoms with Crippen molar-refractivity contribution in [2.45, 2.75) is 11.3 Å². The second-order valence-electron chi connectivity index (χ2n) is 4.21. The quantitative estimate of drug-likeness (QED) is 0.697. The number of benzene rings is 2. The second kappa shape index (κ2) is 3.82. The highest BCUT2D eigenvalue weighted by molar-refractivity contribution is 7.86. The molecule has 0 saturated heterocycles. The molecule has 0 bridgehead atoms. The fourth-order valence-electron chi connectivity index (χ4n) is 2.41. The number of hydrogen-bond donors (Lipinski definition) is 1. The van der Waals surface area contributed by atoms with Gasteiger partial charge >= 0.3 is 0 Å². The third-order valence-corrected chi connectivity index (χ3v) is 4.40. The van der Waals surface area contributed by atoms with Crippen LogP contribution in [0.2, 0.25) is 5.02 Å². The summed E-state index contributed by atoms with van der Waals surface area (Å²) in [5, 5.41) is 0.616. The predicted molar refractivity (Wildman–Crippen MR) is 69.5 cm³/mol. The highest BCUT2D eigenvalue weighted by Crippen LogP contribution is 2.43. The Balaban J connectivity index is 2.39. The lowest BCUT2D eigenvalue weighted by molar-refractivity contribution is 0.483. The summed E-state index contributed by atoms with van der Waals surface area (Å²) in [6, 6.07) is 10.3. The van der Waals surface area contributed by atoms with Crippen LogP contribution in [0.1, 0.15) is 11.1 Å². The largest absolute Gasteiger partial charge is 0.295 e. The van der Waals surface area contributed by atoms with Crippen LogP contribution in [0.3, 0.4) is 0 Å². The van der Waals surface area contributed by atoms with Crippen LogP contribution in [0, 0.1) is 0 Å². The summed E-state index contributed by atoms with van der Waals surface area (Å²) in [7, 11) is -4.23. The van der Waals surface area contributed by atoms with E-state index in [9.17, 15) is 13.0 Å². The van der Waals surface area contributed by atoms with Crippen LogP contribution >= 0.6 is 11.6 Å². The van der Waals surface area contributed by atoms with Gasteiger partial charge in [0.05, 0.1) is 0 Å². The first-order valence-corrected chi connectivity index (χ1v) is 7.17. The van der Waals surface area contributed by atoms with Crippen molar-refractivity contribution in [3.8, 4) is 11.1 Å². The van der Waals surface area contributed by atoms with E-state index in [2.05, 4.69) is 0 Å². The van der Waals surface area contributed by atoms with Crippen LogP contribution in [0.15, 0.2) is 41.3 Å². The molecule has 0 saturated carbocycles. The normalized spacial score (nSPS) is 13.2. The smallest absolute Gasteiger partial charge is 0.282 e. The van der Waals surface area contributed by atoms with Gasteiger partial charge in [-0.1, -0.05) is 35.9 Å². The molecule has 1 aliphatic carbocycles. The van der Waals surface area contributed by atoms with Crippen LogP contribution in [-0.4, -0.2) is 13.0 Å². The van der Waals surface area contributed by atoms with E-state index in [1.807, 2.05) is 12.1 Å². The molecule has 0 radical (unpaired) electrons. The molecule has 0 spiro atoms. The van der Waals surface area contributed by atoms with E-state index in [1.54, 1.807) is 18.2 Å². The SMILES string of the molecule is O=S(=O)(O)c1cccc2c1-c1cccc(Cl)c1C2. The first kappa shape index (κ1) is 11.7. The van der Waals surface area contributed by atoms with Gasteiger partial charge < -0.3 is 0 Å². The lowest BCUT2D eigenvalue weighted by Crippen LogP contribution is -2.00. The minimum absolute atomic E-state index is 0.0546. The molecule has 92 valence electrons. The van der Waals surface area contributed by atoms with Crippen molar-refractivity contribution in [1.82, 2.24) is 0 Å². The number of rotatable bonds is 1. The van der Waals surface area contributed by atoms with Gasteiger partial charge in [-0.2, -0.15) is 8.42 Å². The average molecular weight is 281 g/mol. The van der Waals surface area contributed by atoms with Crippen LogP contribution in [0.4, 0.5) is 0 Å². The van der Waals surface area contributed by atoms with Crippen LogP contribution in [0.25, 0.3) is 11.1 Å². The summed E-state index contributed by atoms with van der Waals surface area (Å²) < 4.78 is 32.1. The Morgan fingerprint density at radius 3 is 2.56 bits per heavy atom. The zero-order valence-corrected chi connectivity index (χ0v) is 10.8. The summed E-state index contributed by atoms with van der Waals surface area (Å²) in [5.41, 5.74) is 3.13. The summed E-state index contributed by atoms with van der Waals surface area (Å²) in [6.45, 7) is 0. The maximum absolute atomic E-state index is 11.4. The minimum Gasteiger partial charge on any atom is -0.282 e. The lowest BCUT2D eigenvalue weighted by atomic mass is 10.1. The Morgan fingerprint density at radius 1 is 1.11 bits per heavy atom. The third kappa shape index (κ3) is 1.65. The molecular weight excluding hydrogens is 272 g/mol. The number of halogens is 1. The van der Waals surface area contributed by atoms with Gasteiger partial charge in [-0.05, 0) is 28.8 Å². The summed E-state index contributed by atoms with van der Waals surface area (Å²) in [5.74, 6) is 0. The predicted octanol–water partition coefficient (Wildman–Crippen LogP) is 3.16. The molecule has 2 aromatic carbocycles. The van der Waals surface area contributed by atoms with Gasteiger partial charge in [0.25, 0.3) is 10.1 Å². The molecule has 0 aliphatic heterocycles. The first-order chi connectivity index (χ1) is 8.48. The van der Waals surface area contributed by atoms with E-state index < -0.39 is 10.1 Å². The van der Waals surface area contributed by atoms with Crippen molar-refractivity contribution in [2.24, 2.45) is 0 Å². The van der Waals surface area contributed by atoms with E-state index in [1.165, 1.54) is 6.07 Å². The van der Waals surface area contributed by atoms with E-state index in [0.717, 1.165) is 16.7 Å². The first-order valence-electron chi connectivity index (χ1n) is 5.35. The highest BCUT2D eigenvalue weighted by atomic mass is 35.5. The summed E-state index contributed by atoms with van der Waals surface area (Å²) in [6.07, 6.45) is 0.591. The molecule has 5 heteroatoms. The topological polar surface area (TPSA) is 54.4 Å². The maximum Gasteiger partial charge on any atom is 0.295 e. The second-order valence-corrected chi connectivity index (χ2v) is 6.01. The molecule has 1 aliphatic rings. The molecule has 1 N–H and O–H groups in total. The molecule has 0 unspecified atom stereocenters. The molecule has 2 aromatic rings. The fourth-order valence-corrected chi connectivity index (χ4v) is 3.40. The molecule has 0 atom stereocenters. The monoisotopic (exact) mass is 280 g/mol. The van der Waals surface area contributed by atoms with Crippen LogP contribution in [0.5, 0.6) is 0 Å². The molecule has 0 aromatic heterocycles. The maximum atomic E-state index is 11.4. The van der Waals surface area contributed by atoms with Crippen molar-refractivity contribution in [2.75, 3.05) is 0 Å². The van der Waals surface area contributed by atoms with Gasteiger partial charge in [-0.15, -0.1) is 0 Å². The molecule has 0 amide bonds. The number of fused-ring (bicyclic) bond motifs is 3. The highest BCUT2D eigenvalue weighted by Gasteiger charge is 2.27. The van der Waals surface area contributed by atoms with Gasteiger partial charge in [0.2, 0.25) is 0 Å². The Hall–Kier alpha value is -1.36. The van der Waals surface area contributed by atoms with Crippen molar-refractivity contribution < 1.29 is 13.0 Å². The van der Waals surface area contributed by atoms with Gasteiger partial charge in [0.15, 0.2) is 0 Å². The number of hydrogen-bond acceptors (Lipinski definition) is 2. The molecule has 3 nitrogen and oxygen atoms in total. The molecule has 18 heavy (non-hydrogen) atoms. The Kier molecular flexibility index (Phi) is 2.48. The van der Waals surface area contributed by atoms with Gasteiger partial charge in [0.1, 0.15) is 4.90 Å². The van der Waals surface area contributed by atoms with E-state index in [0.29, 0.717) is 17.0 Å². The van der Waals surface area contributed by atoms with Crippen molar-refractivity contribution >= 4 is 21.7 Å². The van der Waals surface area contributed by atoms with Crippen molar-refractivity contribution in [3.05, 3.63) is 52.5 Å². The Morgan fingerprint density at radius 2 is 1.83 bits per heavy atom. The Bertz CT molecular complexity index is 751. The van der Waals surface area contributed by atoms with Gasteiger partial charge in [0, 0.05) is 17.0 Å². The molecular formula is C13H9ClO3S. The summed E-state index contributed by atoms with van der Waals surface area (Å²) >= 11 is 6.11. The Labute approximate surface area is 110 Å². The van der Waals surface area contributed by atoms with E-state index in [4.69, 9.17) is 11.6 Å². The van der Waals surface area contributed by atoms with E-state index >= 15 is 0 Å². The minimum atomic E-state index is -4.23. The molecule has 0 fully saturated rings. The van der Waals surface area contributed by atoms with Gasteiger partial charge in [-0.25, -0.2) is 0 Å². The standard InChI is InChI=1S/C13H9ClO3S/c14-11-5-2-4-9-10(11)7-8-3-1-6-12(13(8)9)18(15,16)17/h1-6H,7H2,(H,15,16,17). The van der Waals surface area contributed by atoms with Gasteiger partial charge in [-0.3, -0.25) is 4.55 Å². The lowest BCUT2D eigenvalue weighted by Gasteiger charge is -2.06. The fraction of sp³-hybridized carbons (Fsp3) is 0.0769. The van der Waals surface area contributed by atoms with Crippen molar-refractivity contribution in [1.29, 1.82) is 0 Å². The van der Waals surface area contributed by atoms with Crippen LogP contribution < -0.4 is 0 Å².